The summed E-state index contributed by atoms with van der Waals surface area (Å²) >= 11 is 0. The molecule has 0 aliphatic heterocycles. The van der Waals surface area contributed by atoms with E-state index in [1.807, 2.05) is 0 Å². The van der Waals surface area contributed by atoms with Gasteiger partial charge in [0.15, 0.2) is 23.0 Å². The van der Waals surface area contributed by atoms with Crippen molar-refractivity contribution in [3.8, 4) is 28.7 Å². The number of carbonyl (C=O) groups is 3. The summed E-state index contributed by atoms with van der Waals surface area (Å²) in [6, 6.07) is 13.7. The molecule has 0 spiro atoms. The van der Waals surface area contributed by atoms with Gasteiger partial charge in [0.1, 0.15) is 12.0 Å². The van der Waals surface area contributed by atoms with E-state index < -0.39 is 46.9 Å². The molecule has 0 radical (unpaired) electrons. The van der Waals surface area contributed by atoms with Crippen LogP contribution in [0.25, 0.3) is 0 Å². The molecule has 13 heteroatoms. The van der Waals surface area contributed by atoms with Gasteiger partial charge in [0.25, 0.3) is 17.7 Å². The zero-order valence-corrected chi connectivity index (χ0v) is 21.2. The number of benzene rings is 3. The minimum Gasteiger partial charge on any atom is -0.507 e. The molecule has 1 atom stereocenters. The zero-order valence-electron chi connectivity index (χ0n) is 21.2. The number of hydrogen-bond donors (Lipinski definition) is 9. The summed E-state index contributed by atoms with van der Waals surface area (Å²) in [4.78, 5) is 38.9. The number of nitrogens with zero attached hydrogens (tertiary/aromatic N) is 1. The number of rotatable bonds is 12. The van der Waals surface area contributed by atoms with Crippen molar-refractivity contribution in [1.29, 1.82) is 0 Å². The first-order chi connectivity index (χ1) is 19.1. The number of nitrogens with one attached hydrogen (secondary N) is 3. The Morgan fingerprint density at radius 2 is 1.07 bits per heavy atom. The van der Waals surface area contributed by atoms with Gasteiger partial charge in [0, 0.05) is 32.7 Å². The number of amides is 3. The van der Waals surface area contributed by atoms with E-state index in [4.69, 9.17) is 0 Å². The van der Waals surface area contributed by atoms with Crippen LogP contribution in [0, 0.1) is 0 Å². The van der Waals surface area contributed by atoms with Crippen LogP contribution >= 0.6 is 0 Å². The Labute approximate surface area is 228 Å². The molecule has 40 heavy (non-hydrogen) atoms. The van der Waals surface area contributed by atoms with Gasteiger partial charge in [-0.05, 0) is 36.4 Å². The van der Waals surface area contributed by atoms with Gasteiger partial charge in [-0.15, -0.1) is 0 Å². The van der Waals surface area contributed by atoms with Crippen LogP contribution in [0.3, 0.4) is 0 Å². The van der Waals surface area contributed by atoms with E-state index in [1.165, 1.54) is 48.5 Å². The molecule has 0 fully saturated rings. The van der Waals surface area contributed by atoms with Gasteiger partial charge in [0.2, 0.25) is 0 Å². The third-order valence-electron chi connectivity index (χ3n) is 5.82. The molecule has 0 saturated carbocycles. The van der Waals surface area contributed by atoms with Crippen LogP contribution < -0.4 is 16.0 Å². The molecule has 0 bridgehead atoms. The molecule has 3 rings (SSSR count). The van der Waals surface area contributed by atoms with Crippen LogP contribution in [-0.4, -0.2) is 92.2 Å². The smallest absolute Gasteiger partial charge is 0.257 e. The van der Waals surface area contributed by atoms with Gasteiger partial charge in [-0.2, -0.15) is 0 Å². The lowest BCUT2D eigenvalue weighted by atomic mass is 10.1. The summed E-state index contributed by atoms with van der Waals surface area (Å²) in [6.45, 7) is 0.210. The van der Waals surface area contributed by atoms with Crippen molar-refractivity contribution >= 4 is 17.7 Å². The monoisotopic (exact) mass is 554 g/mol. The number of aromatic hydroxyl groups is 5. The van der Waals surface area contributed by atoms with Crippen molar-refractivity contribution in [2.75, 3.05) is 32.7 Å². The Bertz CT molecular complexity index is 1370. The molecule has 3 aromatic rings. The van der Waals surface area contributed by atoms with Crippen molar-refractivity contribution < 1.29 is 45.0 Å². The minimum absolute atomic E-state index is 0.0232. The zero-order chi connectivity index (χ0) is 29.2. The second kappa shape index (κ2) is 13.7. The fourth-order valence-corrected chi connectivity index (χ4v) is 3.75. The minimum atomic E-state index is -1.45. The SMILES string of the molecule is O=C(NCCN(CCNC(=O)c1cccc(O)c1O)CC(O)NC(=O)c1cccc(O)c1O)c1ccccc1O. The molecule has 3 aromatic carbocycles. The highest BCUT2D eigenvalue weighted by Crippen LogP contribution is 2.28. The quantitative estimate of drug-likeness (QED) is 0.111. The van der Waals surface area contributed by atoms with E-state index in [0.29, 0.717) is 0 Å². The Morgan fingerprint density at radius 3 is 1.62 bits per heavy atom. The van der Waals surface area contributed by atoms with Gasteiger partial charge in [-0.25, -0.2) is 0 Å². The van der Waals surface area contributed by atoms with E-state index in [0.717, 1.165) is 0 Å². The summed E-state index contributed by atoms with van der Waals surface area (Å²) < 4.78 is 0. The number of carbonyl (C=O) groups excluding carboxylic acids is 3. The fraction of sp³-hybridized carbons (Fsp3) is 0.222. The second-order valence-corrected chi connectivity index (χ2v) is 8.67. The highest BCUT2D eigenvalue weighted by molar-refractivity contribution is 5.98. The molecule has 3 amide bonds. The molecule has 0 heterocycles. The number of hydrogen-bond acceptors (Lipinski definition) is 10. The number of para-hydroxylation sites is 3. The fourth-order valence-electron chi connectivity index (χ4n) is 3.75. The summed E-state index contributed by atoms with van der Waals surface area (Å²) in [5.74, 6) is -4.40. The largest absolute Gasteiger partial charge is 0.507 e. The van der Waals surface area contributed by atoms with Crippen LogP contribution in [0.5, 0.6) is 28.7 Å². The topological polar surface area (TPSA) is 212 Å². The summed E-state index contributed by atoms with van der Waals surface area (Å²) in [6.07, 6.45) is -1.45. The number of phenols is 5. The number of phenolic OH excluding ortho intramolecular Hbond substituents is 5. The second-order valence-electron chi connectivity index (χ2n) is 8.67. The van der Waals surface area contributed by atoms with Gasteiger partial charge < -0.3 is 46.6 Å². The molecule has 0 aliphatic carbocycles. The summed E-state index contributed by atoms with van der Waals surface area (Å²) in [5.41, 5.74) is -0.316. The first-order valence-electron chi connectivity index (χ1n) is 12.2. The predicted octanol–water partition coefficient (Wildman–Crippen LogP) is 0.425. The average molecular weight is 555 g/mol. The third-order valence-corrected chi connectivity index (χ3v) is 5.82. The van der Waals surface area contributed by atoms with E-state index >= 15 is 0 Å². The van der Waals surface area contributed by atoms with Crippen LogP contribution in [0.2, 0.25) is 0 Å². The molecule has 0 aromatic heterocycles. The van der Waals surface area contributed by atoms with Crippen LogP contribution in [0.1, 0.15) is 31.1 Å². The molecule has 0 saturated heterocycles. The van der Waals surface area contributed by atoms with Crippen molar-refractivity contribution in [2.45, 2.75) is 6.23 Å². The molecular formula is C27H30N4O9. The molecule has 13 nitrogen and oxygen atoms in total. The average Bonchev–Trinajstić information content (AvgIpc) is 2.91. The lowest BCUT2D eigenvalue weighted by molar-refractivity contribution is 0.0641. The lowest BCUT2D eigenvalue weighted by Gasteiger charge is -2.26. The van der Waals surface area contributed by atoms with Crippen molar-refractivity contribution in [3.63, 3.8) is 0 Å². The van der Waals surface area contributed by atoms with Crippen LogP contribution in [-0.2, 0) is 0 Å². The Morgan fingerprint density at radius 1 is 0.625 bits per heavy atom. The first-order valence-corrected chi connectivity index (χ1v) is 12.2. The maximum atomic E-state index is 12.5. The Kier molecular flexibility index (Phi) is 10.1. The van der Waals surface area contributed by atoms with Gasteiger partial charge in [-0.3, -0.25) is 19.3 Å². The Hall–Kier alpha value is -5.01. The maximum Gasteiger partial charge on any atom is 0.257 e. The highest BCUT2D eigenvalue weighted by Gasteiger charge is 2.20. The Balaban J connectivity index is 1.62. The van der Waals surface area contributed by atoms with E-state index in [2.05, 4.69) is 16.0 Å². The molecule has 1 unspecified atom stereocenters. The lowest BCUT2D eigenvalue weighted by Crippen LogP contribution is -2.47. The van der Waals surface area contributed by atoms with Crippen LogP contribution in [0.15, 0.2) is 60.7 Å². The summed E-state index contributed by atoms with van der Waals surface area (Å²) in [5, 5.41) is 66.9. The van der Waals surface area contributed by atoms with Crippen molar-refractivity contribution in [2.24, 2.45) is 0 Å². The van der Waals surface area contributed by atoms with E-state index in [-0.39, 0.29) is 55.2 Å². The third kappa shape index (κ3) is 7.75. The number of aliphatic hydroxyl groups excluding tert-OH is 1. The van der Waals surface area contributed by atoms with E-state index in [1.54, 1.807) is 17.0 Å². The van der Waals surface area contributed by atoms with Crippen LogP contribution in [0.4, 0.5) is 0 Å². The molecule has 0 aliphatic rings. The standard InChI is InChI=1S/C27H30N4O9/c32-19-8-2-1-5-16(19)25(38)28-11-13-31(14-12-29-26(39)17-6-3-9-20(33)23(17)36)15-22(35)30-27(40)18-7-4-10-21(34)24(18)37/h1-10,22,32-37H,11-15H2,(H,28,38)(H,29,39)(H,30,40). The van der Waals surface area contributed by atoms with Crippen molar-refractivity contribution in [3.05, 3.63) is 77.4 Å². The van der Waals surface area contributed by atoms with Gasteiger partial charge in [0.05, 0.1) is 16.7 Å². The molecule has 212 valence electrons. The number of aliphatic hydroxyl groups is 1. The van der Waals surface area contributed by atoms with Gasteiger partial charge >= 0.3 is 0 Å². The maximum absolute atomic E-state index is 12.5. The highest BCUT2D eigenvalue weighted by atomic mass is 16.3. The van der Waals surface area contributed by atoms with Gasteiger partial charge in [-0.1, -0.05) is 24.3 Å². The van der Waals surface area contributed by atoms with E-state index in [9.17, 15) is 45.0 Å². The first kappa shape index (κ1) is 29.5. The summed E-state index contributed by atoms with van der Waals surface area (Å²) in [7, 11) is 0. The molecule has 9 N–H and O–H groups in total. The predicted molar refractivity (Wildman–Crippen MR) is 142 cm³/mol. The normalized spacial score (nSPS) is 11.6. The molecular weight excluding hydrogens is 524 g/mol. The van der Waals surface area contributed by atoms with Crippen molar-refractivity contribution in [1.82, 2.24) is 20.9 Å².